The van der Waals surface area contributed by atoms with Gasteiger partial charge in [-0.15, -0.1) is 0 Å². The molecule has 6 heteroatoms. The van der Waals surface area contributed by atoms with Crippen LogP contribution in [-0.4, -0.2) is 14.7 Å². The molecule has 2 N–H and O–H groups in total. The molecule has 0 fully saturated rings. The van der Waals surface area contributed by atoms with Crippen LogP contribution < -0.4 is 5.73 Å². The molecule has 100 valence electrons. The van der Waals surface area contributed by atoms with E-state index in [0.717, 1.165) is 29.7 Å². The number of nitrogens with zero attached hydrogens (tertiary/aromatic N) is 3. The fraction of sp³-hybridized carbons (Fsp3) is 0.308. The van der Waals surface area contributed by atoms with Gasteiger partial charge in [0.15, 0.2) is 0 Å². The van der Waals surface area contributed by atoms with Crippen molar-refractivity contribution in [3.8, 4) is 11.3 Å². The fourth-order valence-corrected chi connectivity index (χ4v) is 2.05. The number of nitro benzene ring substituents is 1. The zero-order chi connectivity index (χ0) is 14.0. The Morgan fingerprint density at radius 2 is 2.00 bits per heavy atom. The van der Waals surface area contributed by atoms with E-state index in [9.17, 15) is 10.1 Å². The summed E-state index contributed by atoms with van der Waals surface area (Å²) in [4.78, 5) is 10.2. The van der Waals surface area contributed by atoms with Crippen LogP contribution in [0.3, 0.4) is 0 Å². The summed E-state index contributed by atoms with van der Waals surface area (Å²) in [6.07, 6.45) is 1.81. The van der Waals surface area contributed by atoms with Gasteiger partial charge in [0.25, 0.3) is 5.69 Å². The van der Waals surface area contributed by atoms with E-state index in [-0.39, 0.29) is 5.69 Å². The highest BCUT2D eigenvalue weighted by atomic mass is 16.6. The maximum absolute atomic E-state index is 10.6. The molecule has 0 aliphatic heterocycles. The summed E-state index contributed by atoms with van der Waals surface area (Å²) in [5.41, 5.74) is 8.72. The maximum atomic E-state index is 10.6. The van der Waals surface area contributed by atoms with Gasteiger partial charge in [0.1, 0.15) is 5.82 Å². The molecule has 0 unspecified atom stereocenters. The number of aryl methyl sites for hydroxylation is 1. The molecule has 0 saturated carbocycles. The van der Waals surface area contributed by atoms with Gasteiger partial charge in [0, 0.05) is 30.3 Å². The van der Waals surface area contributed by atoms with Crippen molar-refractivity contribution in [2.24, 2.45) is 7.05 Å². The minimum Gasteiger partial charge on any atom is -0.384 e. The molecule has 0 bridgehead atoms. The highest BCUT2D eigenvalue weighted by molar-refractivity contribution is 5.69. The molecule has 0 saturated heterocycles. The van der Waals surface area contributed by atoms with E-state index in [2.05, 4.69) is 12.0 Å². The quantitative estimate of drug-likeness (QED) is 0.676. The molecular weight excluding hydrogens is 244 g/mol. The maximum Gasteiger partial charge on any atom is 0.269 e. The van der Waals surface area contributed by atoms with Crippen molar-refractivity contribution in [3.63, 3.8) is 0 Å². The van der Waals surface area contributed by atoms with E-state index in [1.54, 1.807) is 23.9 Å². The van der Waals surface area contributed by atoms with Gasteiger partial charge in [0.2, 0.25) is 0 Å². The number of nitrogens with two attached hydrogens (primary N) is 1. The lowest BCUT2D eigenvalue weighted by Crippen LogP contribution is -1.99. The SMILES string of the molecule is CCCc1c(-c2ccc([N+](=O)[O-])cc2)nn(C)c1N. The van der Waals surface area contributed by atoms with Gasteiger partial charge < -0.3 is 5.73 Å². The lowest BCUT2D eigenvalue weighted by atomic mass is 10.0. The molecular formula is C13H16N4O2. The molecule has 6 nitrogen and oxygen atoms in total. The Morgan fingerprint density at radius 3 is 2.53 bits per heavy atom. The zero-order valence-corrected chi connectivity index (χ0v) is 11.0. The van der Waals surface area contributed by atoms with E-state index >= 15 is 0 Å². The Bertz CT molecular complexity index is 602. The molecule has 0 radical (unpaired) electrons. The van der Waals surface area contributed by atoms with Crippen LogP contribution in [0.2, 0.25) is 0 Å². The molecule has 1 aromatic carbocycles. The van der Waals surface area contributed by atoms with Gasteiger partial charge in [-0.05, 0) is 18.6 Å². The number of anilines is 1. The van der Waals surface area contributed by atoms with Crippen LogP contribution in [0.1, 0.15) is 18.9 Å². The van der Waals surface area contributed by atoms with E-state index in [0.29, 0.717) is 5.82 Å². The third-order valence-corrected chi connectivity index (χ3v) is 3.05. The second-order valence-electron chi connectivity index (χ2n) is 4.39. The minimum absolute atomic E-state index is 0.0738. The van der Waals surface area contributed by atoms with E-state index in [1.807, 2.05) is 0 Å². The molecule has 19 heavy (non-hydrogen) atoms. The van der Waals surface area contributed by atoms with Gasteiger partial charge >= 0.3 is 0 Å². The highest BCUT2D eigenvalue weighted by Crippen LogP contribution is 2.29. The first-order valence-electron chi connectivity index (χ1n) is 6.10. The largest absolute Gasteiger partial charge is 0.384 e. The number of hydrogen-bond donors (Lipinski definition) is 1. The van der Waals surface area contributed by atoms with E-state index < -0.39 is 4.92 Å². The van der Waals surface area contributed by atoms with Crippen LogP contribution in [-0.2, 0) is 13.5 Å². The summed E-state index contributed by atoms with van der Waals surface area (Å²) in [7, 11) is 1.80. The van der Waals surface area contributed by atoms with Crippen molar-refractivity contribution < 1.29 is 4.92 Å². The summed E-state index contributed by atoms with van der Waals surface area (Å²) in [6.45, 7) is 2.08. The average molecular weight is 260 g/mol. The molecule has 1 aromatic heterocycles. The number of benzene rings is 1. The van der Waals surface area contributed by atoms with E-state index in [1.165, 1.54) is 12.1 Å². The number of hydrogen-bond acceptors (Lipinski definition) is 4. The Hall–Kier alpha value is -2.37. The van der Waals surface area contributed by atoms with Crippen LogP contribution in [0.5, 0.6) is 0 Å². The number of nitrogen functional groups attached to an aromatic ring is 1. The van der Waals surface area contributed by atoms with Crippen LogP contribution in [0.15, 0.2) is 24.3 Å². The van der Waals surface area contributed by atoms with Crippen molar-refractivity contribution in [2.75, 3.05) is 5.73 Å². The molecule has 2 aromatic rings. The van der Waals surface area contributed by atoms with E-state index in [4.69, 9.17) is 5.73 Å². The summed E-state index contributed by atoms with van der Waals surface area (Å²) in [5, 5.41) is 15.0. The lowest BCUT2D eigenvalue weighted by Gasteiger charge is -2.02. The predicted molar refractivity (Wildman–Crippen MR) is 73.7 cm³/mol. The van der Waals surface area contributed by atoms with Gasteiger partial charge in [-0.1, -0.05) is 13.3 Å². The lowest BCUT2D eigenvalue weighted by molar-refractivity contribution is -0.384. The van der Waals surface area contributed by atoms with Crippen molar-refractivity contribution in [2.45, 2.75) is 19.8 Å². The Kier molecular flexibility index (Phi) is 3.50. The second-order valence-corrected chi connectivity index (χ2v) is 4.39. The monoisotopic (exact) mass is 260 g/mol. The van der Waals surface area contributed by atoms with Crippen LogP contribution >= 0.6 is 0 Å². The number of nitro groups is 1. The highest BCUT2D eigenvalue weighted by Gasteiger charge is 2.15. The molecule has 2 rings (SSSR count). The fourth-order valence-electron chi connectivity index (χ4n) is 2.05. The van der Waals surface area contributed by atoms with Crippen LogP contribution in [0, 0.1) is 10.1 Å². The first-order chi connectivity index (χ1) is 9.04. The summed E-state index contributed by atoms with van der Waals surface area (Å²) < 4.78 is 1.64. The zero-order valence-electron chi connectivity index (χ0n) is 11.0. The third-order valence-electron chi connectivity index (χ3n) is 3.05. The smallest absolute Gasteiger partial charge is 0.269 e. The number of non-ortho nitro benzene ring substituents is 1. The molecule has 0 aliphatic rings. The summed E-state index contributed by atoms with van der Waals surface area (Å²) in [6, 6.07) is 6.38. The molecule has 1 heterocycles. The Balaban J connectivity index is 2.46. The van der Waals surface area contributed by atoms with Crippen molar-refractivity contribution >= 4 is 11.5 Å². The number of aromatic nitrogens is 2. The normalized spacial score (nSPS) is 10.6. The van der Waals surface area contributed by atoms with Crippen LogP contribution in [0.4, 0.5) is 11.5 Å². The van der Waals surface area contributed by atoms with Gasteiger partial charge in [0.05, 0.1) is 10.6 Å². The standard InChI is InChI=1S/C13H16N4O2/c1-3-4-11-12(15-16(2)13(11)14)9-5-7-10(8-6-9)17(18)19/h5-8H,3-4,14H2,1-2H3. The van der Waals surface area contributed by atoms with Crippen molar-refractivity contribution in [3.05, 3.63) is 39.9 Å². The third kappa shape index (κ3) is 2.42. The predicted octanol–water partition coefficient (Wildman–Crippen LogP) is 2.53. The molecule has 0 amide bonds. The summed E-state index contributed by atoms with van der Waals surface area (Å²) >= 11 is 0. The first-order valence-corrected chi connectivity index (χ1v) is 6.10. The molecule has 0 atom stereocenters. The Morgan fingerprint density at radius 1 is 1.37 bits per heavy atom. The number of rotatable bonds is 4. The topological polar surface area (TPSA) is 87.0 Å². The first kappa shape index (κ1) is 13.1. The minimum atomic E-state index is -0.413. The van der Waals surface area contributed by atoms with Crippen molar-refractivity contribution in [1.29, 1.82) is 0 Å². The molecule has 0 spiro atoms. The Labute approximate surface area is 111 Å². The average Bonchev–Trinajstić information content (AvgIpc) is 2.68. The summed E-state index contributed by atoms with van der Waals surface area (Å²) in [5.74, 6) is 0.648. The van der Waals surface area contributed by atoms with Crippen molar-refractivity contribution in [1.82, 2.24) is 9.78 Å². The molecule has 0 aliphatic carbocycles. The van der Waals surface area contributed by atoms with Gasteiger partial charge in [-0.3, -0.25) is 14.8 Å². The second kappa shape index (κ2) is 5.09. The van der Waals surface area contributed by atoms with Gasteiger partial charge in [-0.25, -0.2) is 0 Å². The van der Waals surface area contributed by atoms with Crippen LogP contribution in [0.25, 0.3) is 11.3 Å². The van der Waals surface area contributed by atoms with Gasteiger partial charge in [-0.2, -0.15) is 5.10 Å².